The zero-order valence-corrected chi connectivity index (χ0v) is 29.5. The summed E-state index contributed by atoms with van der Waals surface area (Å²) in [5.41, 5.74) is 22.9. The topological polar surface area (TPSA) is 167 Å². The van der Waals surface area contributed by atoms with Crippen molar-refractivity contribution in [2.24, 2.45) is 0 Å². The molecule has 0 atom stereocenters. The van der Waals surface area contributed by atoms with E-state index in [-0.39, 0.29) is 0 Å². The van der Waals surface area contributed by atoms with E-state index in [4.69, 9.17) is 36.1 Å². The zero-order chi connectivity index (χ0) is 32.0. The van der Waals surface area contributed by atoms with Crippen molar-refractivity contribution in [2.45, 2.75) is 27.7 Å². The first-order valence-corrected chi connectivity index (χ1v) is 14.5. The molecule has 0 aromatic carbocycles. The number of nitrogens with zero attached hydrogens (tertiary/aromatic N) is 4. The van der Waals surface area contributed by atoms with Gasteiger partial charge in [0.2, 0.25) is 23.5 Å². The number of methoxy groups -OCH3 is 4. The number of anilines is 3. The predicted octanol–water partition coefficient (Wildman–Crippen LogP) is 6.63. The molecule has 0 saturated heterocycles. The van der Waals surface area contributed by atoms with E-state index in [1.165, 1.54) is 0 Å². The van der Waals surface area contributed by atoms with Crippen molar-refractivity contribution in [1.29, 1.82) is 0 Å². The number of halogens is 3. The molecule has 4 rings (SSSR count). The molecule has 4 heterocycles. The van der Waals surface area contributed by atoms with E-state index < -0.39 is 0 Å². The van der Waals surface area contributed by atoms with Gasteiger partial charge in [0.25, 0.3) is 0 Å². The number of hydrogen-bond donors (Lipinski definition) is 3. The first kappa shape index (κ1) is 36.7. The monoisotopic (exact) mass is 771 g/mol. The van der Waals surface area contributed by atoms with Gasteiger partial charge in [0.15, 0.2) is 0 Å². The molecule has 0 saturated carbocycles. The van der Waals surface area contributed by atoms with Crippen molar-refractivity contribution >= 4 is 64.9 Å². The zero-order valence-electron chi connectivity index (χ0n) is 24.8. The lowest BCUT2D eigenvalue weighted by Crippen LogP contribution is -1.98. The number of nitrogen functional groups attached to an aromatic ring is 3. The summed E-state index contributed by atoms with van der Waals surface area (Å²) in [6, 6.07) is 3.38. The van der Waals surface area contributed by atoms with Crippen molar-refractivity contribution in [1.82, 2.24) is 19.9 Å². The van der Waals surface area contributed by atoms with Crippen LogP contribution in [-0.4, -0.2) is 48.4 Å². The van der Waals surface area contributed by atoms with E-state index in [1.54, 1.807) is 65.4 Å². The first-order valence-electron chi connectivity index (χ1n) is 12.1. The van der Waals surface area contributed by atoms with Crippen LogP contribution in [0.25, 0.3) is 0 Å². The van der Waals surface area contributed by atoms with Gasteiger partial charge in [0.1, 0.15) is 4.47 Å². The van der Waals surface area contributed by atoms with Gasteiger partial charge in [0, 0.05) is 57.8 Å². The molecule has 4 aromatic rings. The van der Waals surface area contributed by atoms with Crippen LogP contribution in [0.1, 0.15) is 22.3 Å². The van der Waals surface area contributed by atoms with Crippen LogP contribution in [0.15, 0.2) is 50.3 Å². The van der Waals surface area contributed by atoms with Crippen molar-refractivity contribution in [3.8, 4) is 23.5 Å². The molecule has 0 fully saturated rings. The van der Waals surface area contributed by atoms with Gasteiger partial charge in [-0.05, 0) is 92.7 Å². The highest BCUT2D eigenvalue weighted by Crippen LogP contribution is 2.33. The molecule has 0 radical (unpaired) electrons. The first-order chi connectivity index (χ1) is 19.8. The number of pyridine rings is 4. The fourth-order valence-electron chi connectivity index (χ4n) is 2.98. The van der Waals surface area contributed by atoms with E-state index in [9.17, 15) is 0 Å². The molecule has 0 aliphatic rings. The van der Waals surface area contributed by atoms with E-state index in [0.29, 0.717) is 39.4 Å². The second kappa shape index (κ2) is 18.2. The molecule has 0 amide bonds. The molecule has 0 spiro atoms. The highest BCUT2D eigenvalue weighted by molar-refractivity contribution is 9.11. The Hall–Kier alpha value is -3.36. The maximum atomic E-state index is 5.74. The molecule has 0 aliphatic heterocycles. The van der Waals surface area contributed by atoms with Crippen LogP contribution in [0.2, 0.25) is 0 Å². The minimum absolute atomic E-state index is 0.491. The SMILES string of the molecule is COc1cc(N)ccn1.COc1ncc(Br)c(N)c1Br.COc1ncc(C)c(Br)c1C.COc1ncc(C)c(N)c1C. The number of hydrogen-bond acceptors (Lipinski definition) is 11. The average Bonchev–Trinajstić information content (AvgIpc) is 2.99. The van der Waals surface area contributed by atoms with Gasteiger partial charge >= 0.3 is 0 Å². The van der Waals surface area contributed by atoms with Crippen LogP contribution >= 0.6 is 47.8 Å². The van der Waals surface area contributed by atoms with Gasteiger partial charge < -0.3 is 36.1 Å². The smallest absolute Gasteiger partial charge is 0.229 e. The third-order valence-electron chi connectivity index (χ3n) is 5.42. The molecular formula is C28H36Br3N7O4. The summed E-state index contributed by atoms with van der Waals surface area (Å²) in [6.07, 6.45) is 6.70. The maximum Gasteiger partial charge on any atom is 0.229 e. The Kier molecular flexibility index (Phi) is 15.9. The molecule has 6 N–H and O–H groups in total. The number of nitrogens with two attached hydrogens (primary N) is 3. The summed E-state index contributed by atoms with van der Waals surface area (Å²) in [6.45, 7) is 7.80. The Morgan fingerprint density at radius 1 is 0.595 bits per heavy atom. The summed E-state index contributed by atoms with van der Waals surface area (Å²) in [4.78, 5) is 16.0. The lowest BCUT2D eigenvalue weighted by atomic mass is 10.2. The molecule has 0 bridgehead atoms. The third-order valence-corrected chi connectivity index (χ3v) is 8.04. The standard InChI is InChI=1S/C8H10BrNO.C8H12N2O.C6H6Br2N2O.C6H8N2O/c2*1-5-4-10-8(11-3)6(2)7(5)9;1-11-6-4(8)5(9)3(7)2-10-6;1-9-6-4-5(7)2-3-8-6/h4H,1-3H3;4H,1-3H3,(H2,9,10);2H,1H3,(H2,9,10);2-4H,1H3,(H2,7,8). The van der Waals surface area contributed by atoms with Gasteiger partial charge in [-0.25, -0.2) is 19.9 Å². The molecule has 228 valence electrons. The minimum Gasteiger partial charge on any atom is -0.481 e. The number of aryl methyl sites for hydroxylation is 2. The quantitative estimate of drug-likeness (QED) is 0.204. The van der Waals surface area contributed by atoms with Crippen LogP contribution in [0.5, 0.6) is 23.5 Å². The Labute approximate surface area is 271 Å². The molecule has 4 aromatic heterocycles. The second-order valence-electron chi connectivity index (χ2n) is 8.35. The van der Waals surface area contributed by atoms with Gasteiger partial charge in [-0.2, -0.15) is 0 Å². The van der Waals surface area contributed by atoms with E-state index >= 15 is 0 Å². The number of rotatable bonds is 4. The summed E-state index contributed by atoms with van der Waals surface area (Å²) in [7, 11) is 6.31. The van der Waals surface area contributed by atoms with Crippen molar-refractivity contribution in [3.05, 3.63) is 72.6 Å². The Morgan fingerprint density at radius 3 is 1.62 bits per heavy atom. The summed E-state index contributed by atoms with van der Waals surface area (Å²) >= 11 is 9.94. The molecule has 0 unspecified atom stereocenters. The van der Waals surface area contributed by atoms with Gasteiger partial charge in [-0.15, -0.1) is 0 Å². The lowest BCUT2D eigenvalue weighted by Gasteiger charge is -2.07. The van der Waals surface area contributed by atoms with Crippen LogP contribution in [0, 0.1) is 27.7 Å². The van der Waals surface area contributed by atoms with Crippen LogP contribution in [0.3, 0.4) is 0 Å². The molecule has 11 nitrogen and oxygen atoms in total. The highest BCUT2D eigenvalue weighted by atomic mass is 79.9. The lowest BCUT2D eigenvalue weighted by molar-refractivity contribution is 0.394. The van der Waals surface area contributed by atoms with Gasteiger partial charge in [-0.3, -0.25) is 0 Å². The van der Waals surface area contributed by atoms with Crippen molar-refractivity contribution in [2.75, 3.05) is 45.6 Å². The molecule has 42 heavy (non-hydrogen) atoms. The fraction of sp³-hybridized carbons (Fsp3) is 0.286. The Morgan fingerprint density at radius 2 is 1.12 bits per heavy atom. The normalized spacial score (nSPS) is 9.60. The van der Waals surface area contributed by atoms with Crippen molar-refractivity contribution < 1.29 is 18.9 Å². The fourth-order valence-corrected chi connectivity index (χ4v) is 4.30. The minimum atomic E-state index is 0.491. The third kappa shape index (κ3) is 10.8. The van der Waals surface area contributed by atoms with Crippen LogP contribution < -0.4 is 36.1 Å². The van der Waals surface area contributed by atoms with Crippen LogP contribution in [-0.2, 0) is 0 Å². The van der Waals surface area contributed by atoms with E-state index in [0.717, 1.165) is 36.9 Å². The number of ether oxygens (including phenoxy) is 4. The average molecular weight is 774 g/mol. The molecule has 14 heteroatoms. The predicted molar refractivity (Wildman–Crippen MR) is 178 cm³/mol. The van der Waals surface area contributed by atoms with E-state index in [2.05, 4.69) is 67.7 Å². The molecule has 0 aliphatic carbocycles. The Balaban J connectivity index is 0.000000281. The summed E-state index contributed by atoms with van der Waals surface area (Å²) < 4.78 is 22.3. The maximum absolute atomic E-state index is 5.74. The van der Waals surface area contributed by atoms with Gasteiger partial charge in [-0.1, -0.05) is 0 Å². The van der Waals surface area contributed by atoms with Crippen LogP contribution in [0.4, 0.5) is 17.1 Å². The summed E-state index contributed by atoms with van der Waals surface area (Å²) in [5.74, 6) is 2.33. The summed E-state index contributed by atoms with van der Waals surface area (Å²) in [5, 5.41) is 0. The largest absolute Gasteiger partial charge is 0.481 e. The highest BCUT2D eigenvalue weighted by Gasteiger charge is 2.08. The van der Waals surface area contributed by atoms with Crippen molar-refractivity contribution in [3.63, 3.8) is 0 Å². The van der Waals surface area contributed by atoms with Gasteiger partial charge in [0.05, 0.1) is 38.6 Å². The van der Waals surface area contributed by atoms with E-state index in [1.807, 2.05) is 27.7 Å². The molecular weight excluding hydrogens is 738 g/mol. The second-order valence-corrected chi connectivity index (χ2v) is 10.8. The Bertz CT molecular complexity index is 1320. The number of aromatic nitrogens is 4.